The maximum atomic E-state index is 10.7. The highest BCUT2D eigenvalue weighted by Crippen LogP contribution is 2.31. The monoisotopic (exact) mass is 333 g/mol. The molecular weight excluding hydrogens is 310 g/mol. The lowest BCUT2D eigenvalue weighted by molar-refractivity contribution is 0.0477. The second kappa shape index (κ2) is 6.87. The number of aromatic hydroxyl groups is 1. The maximum Gasteiger partial charge on any atom is 0.115 e. The van der Waals surface area contributed by atoms with Crippen LogP contribution in [-0.2, 0) is 6.54 Å². The average Bonchev–Trinajstić information content (AvgIpc) is 2.63. The van der Waals surface area contributed by atoms with Crippen molar-refractivity contribution in [3.05, 3.63) is 77.9 Å². The van der Waals surface area contributed by atoms with Crippen LogP contribution in [0.25, 0.3) is 10.8 Å². The Labute approximate surface area is 148 Å². The van der Waals surface area contributed by atoms with Gasteiger partial charge in [-0.05, 0) is 47.0 Å². The van der Waals surface area contributed by atoms with Gasteiger partial charge in [0.15, 0.2) is 0 Å². The number of phenolic OH excluding ortho intramolecular Hbond substituents is 1. The van der Waals surface area contributed by atoms with Crippen molar-refractivity contribution < 1.29 is 10.2 Å². The number of phenols is 1. The fourth-order valence-electron chi connectivity index (χ4n) is 3.83. The van der Waals surface area contributed by atoms with E-state index in [1.54, 1.807) is 12.1 Å². The predicted molar refractivity (Wildman–Crippen MR) is 101 cm³/mol. The van der Waals surface area contributed by atoms with Crippen molar-refractivity contribution >= 4 is 10.8 Å². The molecular formula is C22H23NO2. The van der Waals surface area contributed by atoms with Gasteiger partial charge in [0.2, 0.25) is 0 Å². The Morgan fingerprint density at radius 1 is 0.920 bits per heavy atom. The highest BCUT2D eigenvalue weighted by Gasteiger charge is 2.28. The van der Waals surface area contributed by atoms with E-state index in [2.05, 4.69) is 47.4 Å². The zero-order valence-electron chi connectivity index (χ0n) is 14.2. The Morgan fingerprint density at radius 2 is 1.68 bits per heavy atom. The van der Waals surface area contributed by atoms with E-state index in [9.17, 15) is 10.2 Å². The highest BCUT2D eigenvalue weighted by atomic mass is 16.3. The van der Waals surface area contributed by atoms with Gasteiger partial charge in [-0.25, -0.2) is 0 Å². The summed E-state index contributed by atoms with van der Waals surface area (Å²) in [6, 6.07) is 22.2. The molecule has 0 radical (unpaired) electrons. The number of fused-ring (bicyclic) bond motifs is 1. The van der Waals surface area contributed by atoms with E-state index in [-0.39, 0.29) is 12.0 Å². The summed E-state index contributed by atoms with van der Waals surface area (Å²) in [6.45, 7) is 2.45. The van der Waals surface area contributed by atoms with E-state index in [1.165, 1.54) is 16.3 Å². The fraction of sp³-hybridized carbons (Fsp3) is 0.273. The second-order valence-corrected chi connectivity index (χ2v) is 6.97. The van der Waals surface area contributed by atoms with Crippen LogP contribution >= 0.6 is 0 Å². The molecule has 25 heavy (non-hydrogen) atoms. The molecule has 2 atom stereocenters. The van der Waals surface area contributed by atoms with Crippen LogP contribution in [0.3, 0.4) is 0 Å². The van der Waals surface area contributed by atoms with Gasteiger partial charge in [-0.1, -0.05) is 54.6 Å². The third-order valence-corrected chi connectivity index (χ3v) is 5.21. The Kier molecular flexibility index (Phi) is 4.43. The largest absolute Gasteiger partial charge is 0.508 e. The third-order valence-electron chi connectivity index (χ3n) is 5.21. The van der Waals surface area contributed by atoms with Crippen molar-refractivity contribution in [3.8, 4) is 5.75 Å². The van der Waals surface area contributed by atoms with Crippen LogP contribution in [0.15, 0.2) is 66.7 Å². The summed E-state index contributed by atoms with van der Waals surface area (Å²) >= 11 is 0. The molecule has 1 aliphatic heterocycles. The summed E-state index contributed by atoms with van der Waals surface area (Å²) in [6.07, 6.45) is 0.601. The summed E-state index contributed by atoms with van der Waals surface area (Å²) in [5, 5.41) is 22.6. The maximum absolute atomic E-state index is 10.7. The molecule has 0 unspecified atom stereocenters. The van der Waals surface area contributed by atoms with Crippen molar-refractivity contribution in [1.82, 2.24) is 4.90 Å². The molecule has 0 aliphatic carbocycles. The van der Waals surface area contributed by atoms with Gasteiger partial charge >= 0.3 is 0 Å². The average molecular weight is 333 g/mol. The van der Waals surface area contributed by atoms with E-state index < -0.39 is 0 Å². The normalized spacial score (nSPS) is 21.5. The smallest absolute Gasteiger partial charge is 0.115 e. The summed E-state index contributed by atoms with van der Waals surface area (Å²) in [4.78, 5) is 2.29. The van der Waals surface area contributed by atoms with Gasteiger partial charge in [-0.2, -0.15) is 0 Å². The molecule has 128 valence electrons. The number of nitrogens with zero attached hydrogens (tertiary/aromatic N) is 1. The number of aliphatic hydroxyl groups is 1. The number of hydrogen-bond donors (Lipinski definition) is 2. The molecule has 3 heteroatoms. The molecule has 1 saturated heterocycles. The highest BCUT2D eigenvalue weighted by molar-refractivity contribution is 5.83. The number of aliphatic hydroxyl groups excluding tert-OH is 1. The van der Waals surface area contributed by atoms with E-state index in [1.807, 2.05) is 12.1 Å². The molecule has 0 spiro atoms. The zero-order chi connectivity index (χ0) is 17.2. The number of hydrogen-bond acceptors (Lipinski definition) is 3. The van der Waals surface area contributed by atoms with Gasteiger partial charge in [-0.15, -0.1) is 0 Å². The van der Waals surface area contributed by atoms with Gasteiger partial charge in [0, 0.05) is 19.0 Å². The van der Waals surface area contributed by atoms with Crippen LogP contribution in [0.2, 0.25) is 0 Å². The molecule has 0 saturated carbocycles. The summed E-state index contributed by atoms with van der Waals surface area (Å²) in [5.74, 6) is 0.486. The number of piperidine rings is 1. The van der Waals surface area contributed by atoms with Crippen LogP contribution in [0.5, 0.6) is 5.75 Å². The first-order valence-electron chi connectivity index (χ1n) is 8.86. The molecule has 1 heterocycles. The molecule has 0 bridgehead atoms. The molecule has 0 amide bonds. The first-order valence-corrected chi connectivity index (χ1v) is 8.86. The number of rotatable bonds is 3. The Hall–Kier alpha value is -2.36. The summed E-state index contributed by atoms with van der Waals surface area (Å²) in [7, 11) is 0. The van der Waals surface area contributed by atoms with Crippen LogP contribution in [-0.4, -0.2) is 34.3 Å². The molecule has 1 aliphatic rings. The molecule has 1 fully saturated rings. The van der Waals surface area contributed by atoms with Gasteiger partial charge in [0.25, 0.3) is 0 Å². The molecule has 3 aromatic carbocycles. The second-order valence-electron chi connectivity index (χ2n) is 6.97. The Morgan fingerprint density at radius 3 is 2.44 bits per heavy atom. The van der Waals surface area contributed by atoms with Gasteiger partial charge in [0.1, 0.15) is 5.75 Å². The topological polar surface area (TPSA) is 43.7 Å². The lowest BCUT2D eigenvalue weighted by atomic mass is 9.86. The third kappa shape index (κ3) is 3.53. The first-order chi connectivity index (χ1) is 12.2. The summed E-state index contributed by atoms with van der Waals surface area (Å²) in [5.41, 5.74) is 2.39. The van der Waals surface area contributed by atoms with E-state index in [0.717, 1.165) is 25.1 Å². The number of β-amino-alcohol motifs (C(OH)–C–C–N with tert-alkyl or cyclic N) is 1. The van der Waals surface area contributed by atoms with Crippen LogP contribution in [0.1, 0.15) is 23.5 Å². The molecule has 0 aromatic heterocycles. The summed E-state index contributed by atoms with van der Waals surface area (Å²) < 4.78 is 0. The lowest BCUT2D eigenvalue weighted by Crippen LogP contribution is -2.42. The fourth-order valence-corrected chi connectivity index (χ4v) is 3.83. The molecule has 3 aromatic rings. The molecule has 2 N–H and O–H groups in total. The predicted octanol–water partition coefficient (Wildman–Crippen LogP) is 3.90. The zero-order valence-corrected chi connectivity index (χ0v) is 14.2. The van der Waals surface area contributed by atoms with Gasteiger partial charge < -0.3 is 10.2 Å². The SMILES string of the molecule is Oc1ccc(CN2CC[C@@H](c3ccc4ccccc4c3)[C@H](O)C2)cc1. The quantitative estimate of drug-likeness (QED) is 0.764. The van der Waals surface area contributed by atoms with Crippen molar-refractivity contribution in [3.63, 3.8) is 0 Å². The van der Waals surface area contributed by atoms with Crippen molar-refractivity contribution in [2.45, 2.75) is 25.0 Å². The van der Waals surface area contributed by atoms with Crippen LogP contribution < -0.4 is 0 Å². The standard InChI is InChI=1S/C22H23NO2/c24-20-9-5-16(6-10-20)14-23-12-11-21(22(25)15-23)19-8-7-17-3-1-2-4-18(17)13-19/h1-10,13,21-22,24-25H,11-12,14-15H2/t21-,22+/m0/s1. The van der Waals surface area contributed by atoms with Crippen LogP contribution in [0, 0.1) is 0 Å². The lowest BCUT2D eigenvalue weighted by Gasteiger charge is -2.36. The minimum Gasteiger partial charge on any atom is -0.508 e. The van der Waals surface area contributed by atoms with Gasteiger partial charge in [0.05, 0.1) is 6.10 Å². The van der Waals surface area contributed by atoms with Gasteiger partial charge in [-0.3, -0.25) is 4.90 Å². The molecule has 4 rings (SSSR count). The number of likely N-dealkylation sites (tertiary alicyclic amines) is 1. The number of benzene rings is 3. The first kappa shape index (κ1) is 16.1. The van der Waals surface area contributed by atoms with E-state index in [0.29, 0.717) is 12.3 Å². The van der Waals surface area contributed by atoms with Crippen molar-refractivity contribution in [2.24, 2.45) is 0 Å². The van der Waals surface area contributed by atoms with Crippen molar-refractivity contribution in [1.29, 1.82) is 0 Å². The Bertz CT molecular complexity index is 859. The van der Waals surface area contributed by atoms with E-state index >= 15 is 0 Å². The van der Waals surface area contributed by atoms with E-state index in [4.69, 9.17) is 0 Å². The van der Waals surface area contributed by atoms with Crippen molar-refractivity contribution in [2.75, 3.05) is 13.1 Å². The molecule has 3 nitrogen and oxygen atoms in total. The minimum atomic E-state index is -0.355. The Balaban J connectivity index is 1.46. The minimum absolute atomic E-state index is 0.195. The van der Waals surface area contributed by atoms with Crippen LogP contribution in [0.4, 0.5) is 0 Å².